The van der Waals surface area contributed by atoms with E-state index >= 15 is 0 Å². The molecule has 2 aromatic rings. The van der Waals surface area contributed by atoms with Gasteiger partial charge in [0.15, 0.2) is 0 Å². The summed E-state index contributed by atoms with van der Waals surface area (Å²) in [7, 11) is 0. The summed E-state index contributed by atoms with van der Waals surface area (Å²) < 4.78 is 0. The van der Waals surface area contributed by atoms with E-state index in [4.69, 9.17) is 0 Å². The lowest BCUT2D eigenvalue weighted by atomic mass is 9.96. The van der Waals surface area contributed by atoms with Gasteiger partial charge in [0.1, 0.15) is 0 Å². The highest BCUT2D eigenvalue weighted by Gasteiger charge is 2.12. The van der Waals surface area contributed by atoms with E-state index in [-0.39, 0.29) is 5.56 Å². The lowest BCUT2D eigenvalue weighted by molar-refractivity contribution is 0.585. The third-order valence-corrected chi connectivity index (χ3v) is 3.43. The molecule has 0 fully saturated rings. The van der Waals surface area contributed by atoms with E-state index in [0.29, 0.717) is 5.92 Å². The van der Waals surface area contributed by atoms with Crippen LogP contribution in [0.15, 0.2) is 29.1 Å². The Hall–Kier alpha value is -1.64. The monoisotopic (exact) mass is 244 g/mol. The fourth-order valence-electron chi connectivity index (χ4n) is 2.35. The molecule has 0 bridgehead atoms. The van der Waals surface area contributed by atoms with Crippen LogP contribution in [-0.4, -0.2) is 10.2 Å². The van der Waals surface area contributed by atoms with Gasteiger partial charge in [0.25, 0.3) is 5.56 Å². The molecule has 0 saturated carbocycles. The van der Waals surface area contributed by atoms with Crippen molar-refractivity contribution >= 4 is 10.8 Å². The molecule has 18 heavy (non-hydrogen) atoms. The van der Waals surface area contributed by atoms with Gasteiger partial charge in [0, 0.05) is 11.3 Å². The van der Waals surface area contributed by atoms with Crippen molar-refractivity contribution in [2.45, 2.75) is 45.4 Å². The smallest absolute Gasteiger partial charge is 0.267 e. The molecule has 0 unspecified atom stereocenters. The Morgan fingerprint density at radius 3 is 2.67 bits per heavy atom. The summed E-state index contributed by atoms with van der Waals surface area (Å²) in [6.45, 7) is 4.39. The molecule has 3 heteroatoms. The summed E-state index contributed by atoms with van der Waals surface area (Å²) in [5.41, 5.74) is 0.913. The SMILES string of the molecule is CCCCC[C@H](C)c1n[nH]c(=O)c2ccccc12. The second kappa shape index (κ2) is 5.80. The normalized spacial score (nSPS) is 12.8. The van der Waals surface area contributed by atoms with Gasteiger partial charge in [-0.1, -0.05) is 51.3 Å². The van der Waals surface area contributed by atoms with Crippen molar-refractivity contribution in [3.63, 3.8) is 0 Å². The van der Waals surface area contributed by atoms with Crippen LogP contribution in [0.1, 0.15) is 51.1 Å². The van der Waals surface area contributed by atoms with Crippen molar-refractivity contribution < 1.29 is 0 Å². The van der Waals surface area contributed by atoms with Gasteiger partial charge in [-0.05, 0) is 12.5 Å². The van der Waals surface area contributed by atoms with Gasteiger partial charge in [-0.3, -0.25) is 4.79 Å². The van der Waals surface area contributed by atoms with Crippen LogP contribution in [0.4, 0.5) is 0 Å². The van der Waals surface area contributed by atoms with E-state index in [1.165, 1.54) is 19.3 Å². The first kappa shape index (κ1) is 12.8. The number of unbranched alkanes of at least 4 members (excludes halogenated alkanes) is 2. The Morgan fingerprint density at radius 1 is 1.22 bits per heavy atom. The first-order chi connectivity index (χ1) is 8.74. The number of benzene rings is 1. The zero-order chi connectivity index (χ0) is 13.0. The molecule has 0 spiro atoms. The second-order valence-corrected chi connectivity index (χ2v) is 4.88. The molecule has 0 aliphatic rings. The average molecular weight is 244 g/mol. The maximum atomic E-state index is 11.7. The molecule has 2 rings (SSSR count). The Kier molecular flexibility index (Phi) is 4.13. The largest absolute Gasteiger partial charge is 0.272 e. The molecular formula is C15H20N2O. The topological polar surface area (TPSA) is 45.8 Å². The maximum absolute atomic E-state index is 11.7. The van der Waals surface area contributed by atoms with Crippen molar-refractivity contribution in [1.29, 1.82) is 0 Å². The van der Waals surface area contributed by atoms with Gasteiger partial charge in [-0.25, -0.2) is 5.10 Å². The highest BCUT2D eigenvalue weighted by Crippen LogP contribution is 2.25. The van der Waals surface area contributed by atoms with Crippen LogP contribution in [0.2, 0.25) is 0 Å². The highest BCUT2D eigenvalue weighted by molar-refractivity contribution is 5.83. The van der Waals surface area contributed by atoms with Crippen LogP contribution in [0.25, 0.3) is 10.8 Å². The Balaban J connectivity index is 2.33. The Bertz CT molecular complexity index is 574. The average Bonchev–Trinajstić information content (AvgIpc) is 2.39. The van der Waals surface area contributed by atoms with Crippen LogP contribution >= 0.6 is 0 Å². The number of rotatable bonds is 5. The van der Waals surface area contributed by atoms with E-state index in [1.54, 1.807) is 0 Å². The predicted molar refractivity (Wildman–Crippen MR) is 74.9 cm³/mol. The summed E-state index contributed by atoms with van der Waals surface area (Å²) in [6, 6.07) is 7.70. The highest BCUT2D eigenvalue weighted by atomic mass is 16.1. The van der Waals surface area contributed by atoms with Gasteiger partial charge in [-0.15, -0.1) is 0 Å². The molecule has 96 valence electrons. The van der Waals surface area contributed by atoms with Gasteiger partial charge < -0.3 is 0 Å². The minimum Gasteiger partial charge on any atom is -0.267 e. The number of aromatic amines is 1. The standard InChI is InChI=1S/C15H20N2O/c1-3-4-5-8-11(2)14-12-9-6-7-10-13(12)15(18)17-16-14/h6-7,9-11H,3-5,8H2,1-2H3,(H,17,18)/t11-/m0/s1. The van der Waals surface area contributed by atoms with Crippen molar-refractivity contribution in [1.82, 2.24) is 10.2 Å². The summed E-state index contributed by atoms with van der Waals surface area (Å²) in [4.78, 5) is 11.7. The first-order valence-electron chi connectivity index (χ1n) is 6.71. The molecule has 1 atom stereocenters. The number of hydrogen-bond donors (Lipinski definition) is 1. The molecule has 0 radical (unpaired) electrons. The van der Waals surface area contributed by atoms with E-state index in [2.05, 4.69) is 24.0 Å². The zero-order valence-corrected chi connectivity index (χ0v) is 11.1. The maximum Gasteiger partial charge on any atom is 0.272 e. The van der Waals surface area contributed by atoms with Crippen LogP contribution in [0.3, 0.4) is 0 Å². The summed E-state index contributed by atoms with van der Waals surface area (Å²) in [6.07, 6.45) is 4.82. The van der Waals surface area contributed by atoms with Crippen molar-refractivity contribution in [2.24, 2.45) is 0 Å². The van der Waals surface area contributed by atoms with E-state index < -0.39 is 0 Å². The summed E-state index contributed by atoms with van der Waals surface area (Å²) >= 11 is 0. The van der Waals surface area contributed by atoms with Gasteiger partial charge in [0.05, 0.1) is 11.1 Å². The fraction of sp³-hybridized carbons (Fsp3) is 0.467. The molecule has 0 aliphatic heterocycles. The van der Waals surface area contributed by atoms with Gasteiger partial charge in [-0.2, -0.15) is 5.10 Å². The number of fused-ring (bicyclic) bond motifs is 1. The lowest BCUT2D eigenvalue weighted by Gasteiger charge is -2.12. The molecule has 3 nitrogen and oxygen atoms in total. The van der Waals surface area contributed by atoms with Crippen LogP contribution in [0.5, 0.6) is 0 Å². The molecule has 1 aromatic heterocycles. The lowest BCUT2D eigenvalue weighted by Crippen LogP contribution is -2.12. The molecule has 0 aliphatic carbocycles. The van der Waals surface area contributed by atoms with Crippen LogP contribution in [0, 0.1) is 0 Å². The van der Waals surface area contributed by atoms with Gasteiger partial charge in [0.2, 0.25) is 0 Å². The number of aromatic nitrogens is 2. The summed E-state index contributed by atoms with van der Waals surface area (Å²) in [5.74, 6) is 0.387. The van der Waals surface area contributed by atoms with Crippen LogP contribution in [-0.2, 0) is 0 Å². The minimum absolute atomic E-state index is 0.102. The van der Waals surface area contributed by atoms with E-state index in [1.807, 2.05) is 24.3 Å². The number of nitrogens with zero attached hydrogens (tertiary/aromatic N) is 1. The van der Waals surface area contributed by atoms with Crippen LogP contribution < -0.4 is 5.56 Å². The third-order valence-electron chi connectivity index (χ3n) is 3.43. The summed E-state index contributed by atoms with van der Waals surface area (Å²) in [5, 5.41) is 8.59. The van der Waals surface area contributed by atoms with E-state index in [9.17, 15) is 4.79 Å². The Labute approximate surface area is 107 Å². The molecular weight excluding hydrogens is 224 g/mol. The minimum atomic E-state index is -0.102. The predicted octanol–water partition coefficient (Wildman–Crippen LogP) is 3.61. The molecule has 1 aromatic carbocycles. The number of nitrogens with one attached hydrogen (secondary N) is 1. The van der Waals surface area contributed by atoms with Gasteiger partial charge >= 0.3 is 0 Å². The zero-order valence-electron chi connectivity index (χ0n) is 11.1. The molecule has 1 N–H and O–H groups in total. The quantitative estimate of drug-likeness (QED) is 0.817. The molecule has 1 heterocycles. The fourth-order valence-corrected chi connectivity index (χ4v) is 2.35. The molecule has 0 amide bonds. The number of H-pyrrole nitrogens is 1. The van der Waals surface area contributed by atoms with E-state index in [0.717, 1.165) is 22.9 Å². The third kappa shape index (κ3) is 2.61. The Morgan fingerprint density at radius 2 is 1.94 bits per heavy atom. The van der Waals surface area contributed by atoms with Crippen molar-refractivity contribution in [3.8, 4) is 0 Å². The first-order valence-corrected chi connectivity index (χ1v) is 6.71. The van der Waals surface area contributed by atoms with Crippen molar-refractivity contribution in [3.05, 3.63) is 40.3 Å². The number of hydrogen-bond acceptors (Lipinski definition) is 2. The second-order valence-electron chi connectivity index (χ2n) is 4.88. The molecule has 0 saturated heterocycles. The van der Waals surface area contributed by atoms with Crippen molar-refractivity contribution in [2.75, 3.05) is 0 Å².